The molecule has 0 bridgehead atoms. The number of ether oxygens (including phenoxy) is 4. The topological polar surface area (TPSA) is 36.9 Å². The molecule has 24 heavy (non-hydrogen) atoms. The Morgan fingerprint density at radius 3 is 2.00 bits per heavy atom. The SMILES string of the molecule is C=C(C)[Si](C)(C(=C)C)C(CC)OC(CC)OC1(CC)OCCCO1. The summed E-state index contributed by atoms with van der Waals surface area (Å²) in [6.45, 7) is 22.5. The second kappa shape index (κ2) is 9.29. The summed E-state index contributed by atoms with van der Waals surface area (Å²) in [7, 11) is -1.99. The lowest BCUT2D eigenvalue weighted by Gasteiger charge is -2.42. The van der Waals surface area contributed by atoms with Crippen LogP contribution in [0.25, 0.3) is 0 Å². The molecule has 0 aromatic heterocycles. The summed E-state index contributed by atoms with van der Waals surface area (Å²) in [5.41, 5.74) is 0.0787. The van der Waals surface area contributed by atoms with Crippen LogP contribution in [-0.4, -0.2) is 39.3 Å². The lowest BCUT2D eigenvalue weighted by Crippen LogP contribution is -2.52. The highest BCUT2D eigenvalue weighted by atomic mass is 28.3. The zero-order valence-electron chi connectivity index (χ0n) is 16.4. The highest BCUT2D eigenvalue weighted by Crippen LogP contribution is 2.32. The van der Waals surface area contributed by atoms with Gasteiger partial charge in [-0.05, 0) is 33.1 Å². The van der Waals surface area contributed by atoms with Gasteiger partial charge in [0.2, 0.25) is 0 Å². The summed E-state index contributed by atoms with van der Waals surface area (Å²) in [6.07, 6.45) is 2.82. The quantitative estimate of drug-likeness (QED) is 0.413. The second-order valence-electron chi connectivity index (χ2n) is 6.84. The van der Waals surface area contributed by atoms with Gasteiger partial charge < -0.3 is 14.2 Å². The van der Waals surface area contributed by atoms with Crippen molar-refractivity contribution in [1.29, 1.82) is 0 Å². The van der Waals surface area contributed by atoms with E-state index in [0.717, 1.165) is 19.3 Å². The summed E-state index contributed by atoms with van der Waals surface area (Å²) < 4.78 is 24.2. The molecule has 2 unspecified atom stereocenters. The van der Waals surface area contributed by atoms with E-state index >= 15 is 0 Å². The lowest BCUT2D eigenvalue weighted by atomic mass is 10.3. The van der Waals surface area contributed by atoms with E-state index in [1.807, 2.05) is 6.92 Å². The summed E-state index contributed by atoms with van der Waals surface area (Å²) in [5.74, 6) is -0.971. The van der Waals surface area contributed by atoms with Gasteiger partial charge in [-0.1, -0.05) is 37.7 Å². The first-order valence-corrected chi connectivity index (χ1v) is 11.8. The summed E-state index contributed by atoms with van der Waals surface area (Å²) in [5, 5.41) is 2.37. The highest BCUT2D eigenvalue weighted by molar-refractivity contribution is 6.92. The summed E-state index contributed by atoms with van der Waals surface area (Å²) in [4.78, 5) is 0. The molecule has 1 aliphatic rings. The van der Waals surface area contributed by atoms with Crippen LogP contribution in [0, 0.1) is 0 Å². The molecule has 5 heteroatoms. The molecule has 0 aromatic carbocycles. The third kappa shape index (κ3) is 4.79. The monoisotopic (exact) mass is 356 g/mol. The van der Waals surface area contributed by atoms with Crippen molar-refractivity contribution in [1.82, 2.24) is 0 Å². The maximum atomic E-state index is 6.42. The predicted molar refractivity (Wildman–Crippen MR) is 101 cm³/mol. The molecule has 1 rings (SSSR count). The number of hydrogen-bond acceptors (Lipinski definition) is 4. The summed E-state index contributed by atoms with van der Waals surface area (Å²) in [6, 6.07) is 0. The Labute approximate surface area is 149 Å². The first-order valence-electron chi connectivity index (χ1n) is 9.18. The normalized spacial score (nSPS) is 20.4. The maximum absolute atomic E-state index is 6.42. The van der Waals surface area contributed by atoms with Gasteiger partial charge in [0.15, 0.2) is 6.29 Å². The number of hydrogen-bond donors (Lipinski definition) is 0. The predicted octanol–water partition coefficient (Wildman–Crippen LogP) is 4.88. The van der Waals surface area contributed by atoms with E-state index in [2.05, 4.69) is 47.4 Å². The molecule has 0 aliphatic carbocycles. The molecule has 0 amide bonds. The molecular weight excluding hydrogens is 320 g/mol. The van der Waals surface area contributed by atoms with Gasteiger partial charge in [-0.2, -0.15) is 0 Å². The van der Waals surface area contributed by atoms with Crippen LogP contribution in [0.5, 0.6) is 0 Å². The van der Waals surface area contributed by atoms with Gasteiger partial charge in [-0.3, -0.25) is 4.74 Å². The van der Waals surface area contributed by atoms with E-state index in [-0.39, 0.29) is 12.0 Å². The highest BCUT2D eigenvalue weighted by Gasteiger charge is 2.42. The minimum absolute atomic E-state index is 0.0787. The van der Waals surface area contributed by atoms with Crippen LogP contribution in [0.3, 0.4) is 0 Å². The first kappa shape index (κ1) is 21.6. The fourth-order valence-electron chi connectivity index (χ4n) is 3.06. The van der Waals surface area contributed by atoms with Crippen molar-refractivity contribution < 1.29 is 18.9 Å². The van der Waals surface area contributed by atoms with Crippen molar-refractivity contribution in [2.45, 2.75) is 84.8 Å². The largest absolute Gasteiger partial charge is 0.352 e. The average molecular weight is 357 g/mol. The molecular formula is C19H36O4Si. The standard InChI is InChI=1S/C19H36O4Si/c1-9-17(23-19(11-3)20-13-12-14-21-19)22-18(10-2)24(8,15(4)5)16(6)7/h17-18H,4,6,9-14H2,1-3,5,7-8H3. The Hall–Kier alpha value is -0.463. The Morgan fingerprint density at radius 1 is 1.08 bits per heavy atom. The minimum atomic E-state index is -1.99. The van der Waals surface area contributed by atoms with Crippen LogP contribution in [0.15, 0.2) is 23.6 Å². The van der Waals surface area contributed by atoms with Crippen molar-refractivity contribution in [2.24, 2.45) is 0 Å². The van der Waals surface area contributed by atoms with Gasteiger partial charge >= 0.3 is 0 Å². The van der Waals surface area contributed by atoms with E-state index in [9.17, 15) is 0 Å². The van der Waals surface area contributed by atoms with Crippen LogP contribution in [0.1, 0.15) is 60.3 Å². The van der Waals surface area contributed by atoms with E-state index in [0.29, 0.717) is 19.6 Å². The molecule has 140 valence electrons. The molecule has 0 aromatic rings. The fraction of sp³-hybridized carbons (Fsp3) is 0.789. The van der Waals surface area contributed by atoms with Crippen molar-refractivity contribution in [2.75, 3.05) is 13.2 Å². The van der Waals surface area contributed by atoms with Gasteiger partial charge in [0.25, 0.3) is 5.97 Å². The first-order chi connectivity index (χ1) is 11.3. The van der Waals surface area contributed by atoms with Crippen LogP contribution in [0.4, 0.5) is 0 Å². The smallest absolute Gasteiger partial charge is 0.284 e. The Bertz CT molecular complexity index is 415. The zero-order chi connectivity index (χ0) is 18.4. The van der Waals surface area contributed by atoms with Crippen LogP contribution < -0.4 is 0 Å². The van der Waals surface area contributed by atoms with Crippen molar-refractivity contribution in [3.8, 4) is 0 Å². The Morgan fingerprint density at radius 2 is 1.62 bits per heavy atom. The number of rotatable bonds is 10. The third-order valence-corrected chi connectivity index (χ3v) is 10.5. The average Bonchev–Trinajstić information content (AvgIpc) is 2.58. The minimum Gasteiger partial charge on any atom is -0.352 e. The fourth-order valence-corrected chi connectivity index (χ4v) is 6.13. The maximum Gasteiger partial charge on any atom is 0.284 e. The molecule has 1 heterocycles. The molecule has 1 fully saturated rings. The zero-order valence-corrected chi connectivity index (χ0v) is 17.4. The Kier molecular flexibility index (Phi) is 8.36. The summed E-state index contributed by atoms with van der Waals surface area (Å²) >= 11 is 0. The molecule has 4 nitrogen and oxygen atoms in total. The molecule has 0 N–H and O–H groups in total. The van der Waals surface area contributed by atoms with Crippen LogP contribution >= 0.6 is 0 Å². The second-order valence-corrected chi connectivity index (χ2v) is 11.6. The van der Waals surface area contributed by atoms with E-state index in [1.54, 1.807) is 0 Å². The van der Waals surface area contributed by atoms with E-state index < -0.39 is 14.0 Å². The van der Waals surface area contributed by atoms with Gasteiger partial charge in [-0.25, -0.2) is 0 Å². The molecule has 1 aliphatic heterocycles. The van der Waals surface area contributed by atoms with Crippen LogP contribution in [-0.2, 0) is 18.9 Å². The molecule has 1 saturated heterocycles. The van der Waals surface area contributed by atoms with Crippen molar-refractivity contribution in [3.63, 3.8) is 0 Å². The molecule has 0 radical (unpaired) electrons. The van der Waals surface area contributed by atoms with E-state index in [4.69, 9.17) is 18.9 Å². The van der Waals surface area contributed by atoms with Crippen molar-refractivity contribution in [3.05, 3.63) is 23.6 Å². The molecule has 0 saturated carbocycles. The lowest BCUT2D eigenvalue weighted by molar-refractivity contribution is -0.435. The van der Waals surface area contributed by atoms with Crippen molar-refractivity contribution >= 4 is 8.07 Å². The molecule has 2 atom stereocenters. The van der Waals surface area contributed by atoms with Gasteiger partial charge in [0, 0.05) is 6.42 Å². The van der Waals surface area contributed by atoms with Gasteiger partial charge in [0.05, 0.1) is 18.9 Å². The van der Waals surface area contributed by atoms with E-state index in [1.165, 1.54) is 10.4 Å². The number of allylic oxidation sites excluding steroid dienone is 2. The van der Waals surface area contributed by atoms with Gasteiger partial charge in [0.1, 0.15) is 8.07 Å². The van der Waals surface area contributed by atoms with Crippen LogP contribution in [0.2, 0.25) is 6.55 Å². The van der Waals surface area contributed by atoms with Gasteiger partial charge in [-0.15, -0.1) is 13.2 Å². The Balaban J connectivity index is 2.91. The molecule has 0 spiro atoms. The third-order valence-electron chi connectivity index (χ3n) is 5.11.